The molecule has 1 atom stereocenters. The Kier molecular flexibility index (Phi) is 7.41. The third-order valence-corrected chi connectivity index (χ3v) is 4.40. The van der Waals surface area contributed by atoms with Crippen LogP contribution in [0.3, 0.4) is 0 Å². The highest BCUT2D eigenvalue weighted by molar-refractivity contribution is 6.00. The van der Waals surface area contributed by atoms with E-state index in [0.717, 1.165) is 41.6 Å². The van der Waals surface area contributed by atoms with Gasteiger partial charge in [-0.05, 0) is 46.3 Å². The van der Waals surface area contributed by atoms with Crippen LogP contribution in [-0.2, 0) is 14.1 Å². The minimum atomic E-state index is -0.554. The third kappa shape index (κ3) is 4.56. The Morgan fingerprint density at radius 2 is 1.79 bits per heavy atom. The second-order valence-electron chi connectivity index (χ2n) is 6.14. The van der Waals surface area contributed by atoms with Gasteiger partial charge >= 0.3 is 5.69 Å². The van der Waals surface area contributed by atoms with E-state index in [4.69, 9.17) is 0 Å². The first kappa shape index (κ1) is 20.2. The number of aromatic hydroxyl groups is 1. The molecule has 0 aliphatic rings. The average Bonchev–Trinajstić information content (AvgIpc) is 2.55. The SMILES string of the molecule is CCN(CC)CCCC(C)N=C(C)c1c(O)n(C)c(=O)n(C)c1=O. The smallest absolute Gasteiger partial charge is 0.333 e. The van der Waals surface area contributed by atoms with Crippen molar-refractivity contribution in [1.82, 2.24) is 14.0 Å². The molecule has 1 heterocycles. The molecule has 0 spiro atoms. The lowest BCUT2D eigenvalue weighted by molar-refractivity contribution is 0.294. The van der Waals surface area contributed by atoms with Gasteiger partial charge in [-0.25, -0.2) is 4.79 Å². The summed E-state index contributed by atoms with van der Waals surface area (Å²) in [5.41, 5.74) is -0.525. The summed E-state index contributed by atoms with van der Waals surface area (Å²) in [6, 6.07) is 0.0434. The average molecular weight is 338 g/mol. The minimum absolute atomic E-state index is 0.0434. The minimum Gasteiger partial charge on any atom is -0.494 e. The second kappa shape index (κ2) is 8.82. The Hall–Kier alpha value is -1.89. The van der Waals surface area contributed by atoms with Gasteiger partial charge in [0.25, 0.3) is 5.56 Å². The Bertz CT molecular complexity index is 699. The number of hydrogen-bond donors (Lipinski definition) is 1. The fourth-order valence-corrected chi connectivity index (χ4v) is 2.76. The highest BCUT2D eigenvalue weighted by Crippen LogP contribution is 2.12. The van der Waals surface area contributed by atoms with Gasteiger partial charge in [-0.3, -0.25) is 18.9 Å². The van der Waals surface area contributed by atoms with Crippen molar-refractivity contribution in [2.45, 2.75) is 46.6 Å². The van der Waals surface area contributed by atoms with E-state index in [1.54, 1.807) is 6.92 Å². The van der Waals surface area contributed by atoms with Crippen LogP contribution in [-0.4, -0.2) is 50.5 Å². The molecule has 0 bridgehead atoms. The summed E-state index contributed by atoms with van der Waals surface area (Å²) in [6.07, 6.45) is 1.93. The number of aromatic nitrogens is 2. The highest BCUT2D eigenvalue weighted by Gasteiger charge is 2.17. The van der Waals surface area contributed by atoms with Crippen molar-refractivity contribution < 1.29 is 5.11 Å². The standard InChI is InChI=1S/C17H30N4O3/c1-7-21(8-2)11-9-10-12(3)18-13(4)14-15(22)19(5)17(24)20(6)16(14)23/h12,22H,7-11H2,1-6H3. The molecule has 1 aromatic rings. The van der Waals surface area contributed by atoms with E-state index in [-0.39, 0.29) is 17.5 Å². The first-order valence-electron chi connectivity index (χ1n) is 8.50. The number of hydrogen-bond acceptors (Lipinski definition) is 5. The monoisotopic (exact) mass is 338 g/mol. The van der Waals surface area contributed by atoms with Gasteiger partial charge in [-0.2, -0.15) is 0 Å². The molecular formula is C17H30N4O3. The summed E-state index contributed by atoms with van der Waals surface area (Å²) >= 11 is 0. The molecule has 0 aliphatic heterocycles. The summed E-state index contributed by atoms with van der Waals surface area (Å²) < 4.78 is 2.04. The van der Waals surface area contributed by atoms with E-state index >= 15 is 0 Å². The fourth-order valence-electron chi connectivity index (χ4n) is 2.76. The molecule has 0 aromatic carbocycles. The van der Waals surface area contributed by atoms with Crippen LogP contribution >= 0.6 is 0 Å². The molecule has 0 saturated carbocycles. The Balaban J connectivity index is 2.94. The maximum Gasteiger partial charge on any atom is 0.333 e. The molecule has 7 nitrogen and oxygen atoms in total. The van der Waals surface area contributed by atoms with Crippen molar-refractivity contribution in [3.63, 3.8) is 0 Å². The lowest BCUT2D eigenvalue weighted by Gasteiger charge is -2.18. The van der Waals surface area contributed by atoms with Crippen LogP contribution in [0, 0.1) is 0 Å². The van der Waals surface area contributed by atoms with Crippen molar-refractivity contribution >= 4 is 5.71 Å². The Morgan fingerprint density at radius 3 is 2.33 bits per heavy atom. The fraction of sp³-hybridized carbons (Fsp3) is 0.706. The van der Waals surface area contributed by atoms with Crippen LogP contribution in [0.15, 0.2) is 14.6 Å². The summed E-state index contributed by atoms with van der Waals surface area (Å²) in [5.74, 6) is -0.334. The van der Waals surface area contributed by atoms with Gasteiger partial charge in [0, 0.05) is 20.1 Å². The predicted molar refractivity (Wildman–Crippen MR) is 97.3 cm³/mol. The van der Waals surface area contributed by atoms with E-state index in [1.807, 2.05) is 6.92 Å². The highest BCUT2D eigenvalue weighted by atomic mass is 16.3. The van der Waals surface area contributed by atoms with Crippen molar-refractivity contribution in [3.8, 4) is 5.88 Å². The van der Waals surface area contributed by atoms with Crippen molar-refractivity contribution in [2.24, 2.45) is 19.1 Å². The normalized spacial score (nSPS) is 13.5. The van der Waals surface area contributed by atoms with Gasteiger partial charge in [-0.1, -0.05) is 13.8 Å². The zero-order valence-corrected chi connectivity index (χ0v) is 15.7. The van der Waals surface area contributed by atoms with Crippen molar-refractivity contribution in [2.75, 3.05) is 19.6 Å². The molecule has 1 rings (SSSR count). The van der Waals surface area contributed by atoms with Crippen LogP contribution in [0.2, 0.25) is 0 Å². The summed E-state index contributed by atoms with van der Waals surface area (Å²) in [7, 11) is 2.83. The molecule has 136 valence electrons. The van der Waals surface area contributed by atoms with Crippen molar-refractivity contribution in [3.05, 3.63) is 26.4 Å². The van der Waals surface area contributed by atoms with E-state index in [9.17, 15) is 14.7 Å². The predicted octanol–water partition coefficient (Wildman–Crippen LogP) is 1.11. The number of nitrogens with zero attached hydrogens (tertiary/aromatic N) is 4. The van der Waals surface area contributed by atoms with E-state index < -0.39 is 11.2 Å². The Morgan fingerprint density at radius 1 is 1.21 bits per heavy atom. The Labute approximate surface area is 143 Å². The molecule has 1 aromatic heterocycles. The maximum absolute atomic E-state index is 12.3. The second-order valence-corrected chi connectivity index (χ2v) is 6.14. The molecule has 0 fully saturated rings. The van der Waals surface area contributed by atoms with Crippen LogP contribution in [0.4, 0.5) is 0 Å². The van der Waals surface area contributed by atoms with Crippen LogP contribution in [0.5, 0.6) is 5.88 Å². The third-order valence-electron chi connectivity index (χ3n) is 4.40. The molecule has 0 saturated heterocycles. The maximum atomic E-state index is 12.3. The largest absolute Gasteiger partial charge is 0.494 e. The van der Waals surface area contributed by atoms with E-state index in [1.165, 1.54) is 14.1 Å². The van der Waals surface area contributed by atoms with Gasteiger partial charge in [-0.15, -0.1) is 0 Å². The lowest BCUT2D eigenvalue weighted by Crippen LogP contribution is -2.39. The van der Waals surface area contributed by atoms with Crippen LogP contribution < -0.4 is 11.2 Å². The summed E-state index contributed by atoms with van der Waals surface area (Å²) in [4.78, 5) is 31.0. The molecule has 1 unspecified atom stereocenters. The summed E-state index contributed by atoms with van der Waals surface area (Å²) in [5, 5.41) is 10.1. The molecule has 0 radical (unpaired) electrons. The van der Waals surface area contributed by atoms with Crippen LogP contribution in [0.1, 0.15) is 46.1 Å². The summed E-state index contributed by atoms with van der Waals surface area (Å²) in [6.45, 7) is 11.1. The topological polar surface area (TPSA) is 79.8 Å². The molecule has 0 aliphatic carbocycles. The molecule has 0 amide bonds. The zero-order valence-electron chi connectivity index (χ0n) is 15.7. The molecular weight excluding hydrogens is 308 g/mol. The first-order valence-corrected chi connectivity index (χ1v) is 8.50. The van der Waals surface area contributed by atoms with Crippen LogP contribution in [0.25, 0.3) is 0 Å². The molecule has 24 heavy (non-hydrogen) atoms. The zero-order chi connectivity index (χ0) is 18.4. The first-order chi connectivity index (χ1) is 11.2. The lowest BCUT2D eigenvalue weighted by atomic mass is 10.1. The van der Waals surface area contributed by atoms with Gasteiger partial charge < -0.3 is 10.0 Å². The molecule has 7 heteroatoms. The number of aliphatic imine (C=N–C) groups is 1. The van der Waals surface area contributed by atoms with E-state index in [0.29, 0.717) is 5.71 Å². The van der Waals surface area contributed by atoms with Gasteiger partial charge in [0.15, 0.2) is 0 Å². The van der Waals surface area contributed by atoms with E-state index in [2.05, 4.69) is 23.7 Å². The quantitative estimate of drug-likeness (QED) is 0.720. The van der Waals surface area contributed by atoms with Gasteiger partial charge in [0.05, 0.1) is 5.71 Å². The van der Waals surface area contributed by atoms with Crippen molar-refractivity contribution in [1.29, 1.82) is 0 Å². The van der Waals surface area contributed by atoms with Gasteiger partial charge in [0.2, 0.25) is 5.88 Å². The number of rotatable bonds is 8. The van der Waals surface area contributed by atoms with Gasteiger partial charge in [0.1, 0.15) is 5.56 Å². The molecule has 1 N–H and O–H groups in total.